The number of rotatable bonds is 6. The third-order valence-corrected chi connectivity index (χ3v) is 4.92. The van der Waals surface area contributed by atoms with Crippen molar-refractivity contribution < 1.29 is 9.90 Å². The van der Waals surface area contributed by atoms with Gasteiger partial charge in [0.1, 0.15) is 0 Å². The zero-order valence-electron chi connectivity index (χ0n) is 14.9. The molecule has 0 bridgehead atoms. The van der Waals surface area contributed by atoms with E-state index in [2.05, 4.69) is 20.2 Å². The van der Waals surface area contributed by atoms with Gasteiger partial charge in [-0.1, -0.05) is 48.5 Å². The molecule has 0 spiro atoms. The van der Waals surface area contributed by atoms with E-state index in [0.29, 0.717) is 11.6 Å². The second-order valence-electron chi connectivity index (χ2n) is 6.67. The first-order chi connectivity index (χ1) is 13.2. The smallest absolute Gasteiger partial charge is 0.336 e. The number of hydrogen-bond donors (Lipinski definition) is 3. The second-order valence-corrected chi connectivity index (χ2v) is 6.67. The molecule has 1 atom stereocenters. The fourth-order valence-electron chi connectivity index (χ4n) is 3.55. The number of nitrogens with one attached hydrogen (secondary N) is 2. The summed E-state index contributed by atoms with van der Waals surface area (Å²) in [5.74, 6) is -0.931. The highest BCUT2D eigenvalue weighted by Crippen LogP contribution is 2.33. The van der Waals surface area contributed by atoms with Crippen LogP contribution in [-0.4, -0.2) is 39.9 Å². The van der Waals surface area contributed by atoms with Gasteiger partial charge in [-0.3, -0.25) is 0 Å². The molecule has 3 N–H and O–H groups in total. The predicted octanol–water partition coefficient (Wildman–Crippen LogP) is 2.82. The third-order valence-electron chi connectivity index (χ3n) is 4.92. The van der Waals surface area contributed by atoms with Crippen molar-refractivity contribution in [1.82, 2.24) is 20.2 Å². The predicted molar refractivity (Wildman–Crippen MR) is 104 cm³/mol. The van der Waals surface area contributed by atoms with Gasteiger partial charge in [0.05, 0.1) is 23.3 Å². The van der Waals surface area contributed by atoms with Crippen molar-refractivity contribution in [2.24, 2.45) is 0 Å². The van der Waals surface area contributed by atoms with Gasteiger partial charge in [-0.2, -0.15) is 0 Å². The Hall–Kier alpha value is -2.96. The summed E-state index contributed by atoms with van der Waals surface area (Å²) < 4.78 is 2.07. The highest BCUT2D eigenvalue weighted by atomic mass is 16.4. The molecular formula is C21H22N4O2. The van der Waals surface area contributed by atoms with Gasteiger partial charge in [-0.25, -0.2) is 9.78 Å². The van der Waals surface area contributed by atoms with E-state index < -0.39 is 5.97 Å². The molecule has 1 fully saturated rings. The lowest BCUT2D eigenvalue weighted by Gasteiger charge is -2.15. The van der Waals surface area contributed by atoms with E-state index in [-0.39, 0.29) is 5.56 Å². The second kappa shape index (κ2) is 7.73. The summed E-state index contributed by atoms with van der Waals surface area (Å²) in [6.07, 6.45) is 2.76. The minimum absolute atomic E-state index is 0.289. The van der Waals surface area contributed by atoms with Crippen LogP contribution in [0.1, 0.15) is 16.8 Å². The number of benzene rings is 2. The molecule has 138 valence electrons. The molecule has 1 aromatic heterocycles. The van der Waals surface area contributed by atoms with E-state index in [1.165, 1.54) is 0 Å². The minimum atomic E-state index is -0.931. The number of carboxylic acid groups (broad SMARTS) is 1. The minimum Gasteiger partial charge on any atom is -0.478 e. The Morgan fingerprint density at radius 1 is 1.15 bits per heavy atom. The first-order valence-electron chi connectivity index (χ1n) is 9.11. The zero-order valence-corrected chi connectivity index (χ0v) is 14.9. The van der Waals surface area contributed by atoms with Gasteiger partial charge in [0, 0.05) is 36.9 Å². The van der Waals surface area contributed by atoms with Crippen molar-refractivity contribution >= 4 is 5.97 Å². The molecule has 4 rings (SSSR count). The number of carbonyl (C=O) groups is 1. The zero-order chi connectivity index (χ0) is 18.6. The molecule has 6 heteroatoms. The van der Waals surface area contributed by atoms with Crippen molar-refractivity contribution in [3.8, 4) is 22.5 Å². The highest BCUT2D eigenvalue weighted by Gasteiger charge is 2.21. The van der Waals surface area contributed by atoms with Gasteiger partial charge in [0.25, 0.3) is 0 Å². The summed E-state index contributed by atoms with van der Waals surface area (Å²) in [7, 11) is 0. The van der Waals surface area contributed by atoms with E-state index in [1.807, 2.05) is 48.8 Å². The van der Waals surface area contributed by atoms with E-state index in [1.54, 1.807) is 12.1 Å². The Morgan fingerprint density at radius 2 is 1.93 bits per heavy atom. The molecule has 0 saturated carbocycles. The van der Waals surface area contributed by atoms with Gasteiger partial charge in [0.15, 0.2) is 0 Å². The van der Waals surface area contributed by atoms with Crippen LogP contribution in [0.25, 0.3) is 22.5 Å². The van der Waals surface area contributed by atoms with E-state index in [0.717, 1.165) is 43.1 Å². The largest absolute Gasteiger partial charge is 0.478 e. The van der Waals surface area contributed by atoms with Gasteiger partial charge in [0.2, 0.25) is 0 Å². The fraction of sp³-hybridized carbons (Fsp3) is 0.238. The number of hydrogen-bond acceptors (Lipinski definition) is 4. The Labute approximate surface area is 157 Å². The summed E-state index contributed by atoms with van der Waals surface area (Å²) in [5, 5.41) is 16.4. The standard InChI is InChI=1S/C21H22N4O2/c26-21(27)18-9-5-4-8-17(18)20-19(15-6-2-1-3-7-15)24-14-25(20)11-10-16-12-22-13-23-16/h1-9,14,16,22-23H,10-13H2,(H,26,27). The van der Waals surface area contributed by atoms with E-state index >= 15 is 0 Å². The van der Waals surface area contributed by atoms with Crippen LogP contribution in [0.3, 0.4) is 0 Å². The molecule has 3 aromatic rings. The lowest BCUT2D eigenvalue weighted by atomic mass is 10.00. The van der Waals surface area contributed by atoms with Crippen LogP contribution >= 0.6 is 0 Å². The summed E-state index contributed by atoms with van der Waals surface area (Å²) in [5.41, 5.74) is 3.62. The average Bonchev–Trinajstić information content (AvgIpc) is 3.36. The van der Waals surface area contributed by atoms with Crippen LogP contribution in [0, 0.1) is 0 Å². The number of imidazole rings is 1. The van der Waals surface area contributed by atoms with Gasteiger partial charge in [-0.15, -0.1) is 0 Å². The quantitative estimate of drug-likeness (QED) is 0.628. The van der Waals surface area contributed by atoms with Crippen LogP contribution in [0.2, 0.25) is 0 Å². The molecule has 1 aliphatic heterocycles. The Kier molecular flexibility index (Phi) is 5.00. The van der Waals surface area contributed by atoms with E-state index in [4.69, 9.17) is 0 Å². The molecule has 1 saturated heterocycles. The number of aromatic nitrogens is 2. The maximum absolute atomic E-state index is 11.8. The number of nitrogens with zero attached hydrogens (tertiary/aromatic N) is 2. The maximum atomic E-state index is 11.8. The normalized spacial score (nSPS) is 16.5. The van der Waals surface area contributed by atoms with Crippen molar-refractivity contribution in [2.45, 2.75) is 19.0 Å². The van der Waals surface area contributed by atoms with Crippen LogP contribution in [0.5, 0.6) is 0 Å². The van der Waals surface area contributed by atoms with Crippen LogP contribution < -0.4 is 10.6 Å². The SMILES string of the molecule is O=C(O)c1ccccc1-c1c(-c2ccccc2)ncn1CCC1CNCN1. The van der Waals surface area contributed by atoms with Crippen LogP contribution in [0.15, 0.2) is 60.9 Å². The first kappa shape index (κ1) is 17.5. The molecule has 0 amide bonds. The summed E-state index contributed by atoms with van der Waals surface area (Å²) in [6.45, 7) is 2.54. The van der Waals surface area contributed by atoms with Crippen molar-refractivity contribution in [1.29, 1.82) is 0 Å². The molecule has 0 radical (unpaired) electrons. The number of carboxylic acids is 1. The van der Waals surface area contributed by atoms with Gasteiger partial charge in [-0.05, 0) is 12.5 Å². The molecule has 27 heavy (non-hydrogen) atoms. The number of aryl methyl sites for hydroxylation is 1. The molecule has 6 nitrogen and oxygen atoms in total. The topological polar surface area (TPSA) is 79.2 Å². The fourth-order valence-corrected chi connectivity index (χ4v) is 3.55. The van der Waals surface area contributed by atoms with Crippen molar-refractivity contribution in [2.75, 3.05) is 13.2 Å². The molecule has 2 heterocycles. The maximum Gasteiger partial charge on any atom is 0.336 e. The summed E-state index contributed by atoms with van der Waals surface area (Å²) >= 11 is 0. The molecular weight excluding hydrogens is 340 g/mol. The lowest BCUT2D eigenvalue weighted by Crippen LogP contribution is -2.25. The Bertz CT molecular complexity index is 930. The van der Waals surface area contributed by atoms with Crippen molar-refractivity contribution in [3.63, 3.8) is 0 Å². The third kappa shape index (κ3) is 3.63. The van der Waals surface area contributed by atoms with E-state index in [9.17, 15) is 9.90 Å². The lowest BCUT2D eigenvalue weighted by molar-refractivity contribution is 0.0697. The van der Waals surface area contributed by atoms with Gasteiger partial charge < -0.3 is 20.3 Å². The Morgan fingerprint density at radius 3 is 2.67 bits per heavy atom. The average molecular weight is 362 g/mol. The monoisotopic (exact) mass is 362 g/mol. The van der Waals surface area contributed by atoms with Gasteiger partial charge >= 0.3 is 5.97 Å². The van der Waals surface area contributed by atoms with Crippen LogP contribution in [-0.2, 0) is 6.54 Å². The van der Waals surface area contributed by atoms with Crippen molar-refractivity contribution in [3.05, 3.63) is 66.5 Å². The molecule has 2 aromatic carbocycles. The highest BCUT2D eigenvalue weighted by molar-refractivity contribution is 5.97. The number of aromatic carboxylic acids is 1. The van der Waals surface area contributed by atoms with Crippen LogP contribution in [0.4, 0.5) is 0 Å². The molecule has 1 aliphatic rings. The first-order valence-corrected chi connectivity index (χ1v) is 9.11. The Balaban J connectivity index is 1.79. The molecule has 0 aliphatic carbocycles. The summed E-state index contributed by atoms with van der Waals surface area (Å²) in [6, 6.07) is 17.4. The summed E-state index contributed by atoms with van der Waals surface area (Å²) in [4.78, 5) is 16.4. The molecule has 1 unspecified atom stereocenters.